The van der Waals surface area contributed by atoms with E-state index in [0.717, 1.165) is 33.5 Å². The smallest absolute Gasteiger partial charge is 0.140 e. The van der Waals surface area contributed by atoms with Crippen LogP contribution in [0.2, 0.25) is 0 Å². The van der Waals surface area contributed by atoms with Crippen LogP contribution in [-0.4, -0.2) is 15.0 Å². The Morgan fingerprint density at radius 2 is 1.80 bits per heavy atom. The van der Waals surface area contributed by atoms with E-state index in [4.69, 9.17) is 0 Å². The van der Waals surface area contributed by atoms with Crippen LogP contribution in [0.5, 0.6) is 0 Å². The normalized spacial score (nSPS) is 11.2. The highest BCUT2D eigenvalue weighted by Crippen LogP contribution is 2.26. The lowest BCUT2D eigenvalue weighted by molar-refractivity contribution is 0.561. The van der Waals surface area contributed by atoms with E-state index < -0.39 is 11.6 Å². The van der Waals surface area contributed by atoms with Crippen molar-refractivity contribution >= 4 is 11.0 Å². The molecule has 5 heteroatoms. The zero-order chi connectivity index (χ0) is 17.4. The Hall–Kier alpha value is -3.08. The molecule has 0 saturated heterocycles. The van der Waals surface area contributed by atoms with E-state index >= 15 is 0 Å². The predicted molar refractivity (Wildman–Crippen MR) is 93.2 cm³/mol. The third-order valence-corrected chi connectivity index (χ3v) is 4.38. The Morgan fingerprint density at radius 1 is 1.00 bits per heavy atom. The lowest BCUT2D eigenvalue weighted by Gasteiger charge is -2.08. The summed E-state index contributed by atoms with van der Waals surface area (Å²) in [7, 11) is 0. The highest BCUT2D eigenvalue weighted by Gasteiger charge is 2.14. The number of imidazole rings is 1. The van der Waals surface area contributed by atoms with Crippen molar-refractivity contribution in [3.8, 4) is 11.4 Å². The maximum absolute atomic E-state index is 13.9. The van der Waals surface area contributed by atoms with Gasteiger partial charge in [0.2, 0.25) is 0 Å². The van der Waals surface area contributed by atoms with Gasteiger partial charge in [-0.05, 0) is 48.4 Å². The molecule has 0 amide bonds. The highest BCUT2D eigenvalue weighted by molar-refractivity contribution is 5.83. The summed E-state index contributed by atoms with van der Waals surface area (Å²) in [6.07, 6.45) is 3.64. The fourth-order valence-electron chi connectivity index (χ4n) is 2.98. The molecule has 124 valence electrons. The van der Waals surface area contributed by atoms with Crippen molar-refractivity contribution < 1.29 is 8.78 Å². The van der Waals surface area contributed by atoms with Gasteiger partial charge in [0.1, 0.15) is 17.5 Å². The molecule has 3 nitrogen and oxygen atoms in total. The van der Waals surface area contributed by atoms with E-state index in [1.54, 1.807) is 12.4 Å². The fraction of sp³-hybridized carbons (Fsp3) is 0.100. The molecule has 2 heterocycles. The Morgan fingerprint density at radius 3 is 2.52 bits per heavy atom. The molecule has 25 heavy (non-hydrogen) atoms. The molecule has 0 radical (unpaired) electrons. The monoisotopic (exact) mass is 335 g/mol. The van der Waals surface area contributed by atoms with Crippen LogP contribution in [-0.2, 0) is 6.42 Å². The van der Waals surface area contributed by atoms with Crippen LogP contribution in [0.15, 0.2) is 54.9 Å². The van der Waals surface area contributed by atoms with Gasteiger partial charge in [-0.2, -0.15) is 0 Å². The van der Waals surface area contributed by atoms with E-state index in [-0.39, 0.29) is 12.0 Å². The maximum Gasteiger partial charge on any atom is 0.140 e. The predicted octanol–water partition coefficient (Wildman–Crippen LogP) is 4.80. The molecule has 2 aromatic heterocycles. The van der Waals surface area contributed by atoms with E-state index in [1.165, 1.54) is 18.2 Å². The molecule has 0 fully saturated rings. The summed E-state index contributed by atoms with van der Waals surface area (Å²) in [5.41, 5.74) is 4.40. The minimum absolute atomic E-state index is 0.0768. The topological polar surface area (TPSA) is 41.6 Å². The van der Waals surface area contributed by atoms with Crippen LogP contribution >= 0.6 is 0 Å². The number of nitrogens with zero attached hydrogens (tertiary/aromatic N) is 2. The summed E-state index contributed by atoms with van der Waals surface area (Å²) in [5.74, 6) is -0.337. The number of aryl methyl sites for hydroxylation is 1. The summed E-state index contributed by atoms with van der Waals surface area (Å²) in [6.45, 7) is 1.92. The minimum Gasteiger partial charge on any atom is -0.338 e. The van der Waals surface area contributed by atoms with Crippen LogP contribution in [0.25, 0.3) is 22.4 Å². The molecule has 0 aliphatic rings. The second-order valence-electron chi connectivity index (χ2n) is 5.95. The van der Waals surface area contributed by atoms with Crippen LogP contribution in [0.4, 0.5) is 8.78 Å². The molecule has 4 aromatic rings. The molecule has 0 atom stereocenters. The molecule has 2 aromatic carbocycles. The van der Waals surface area contributed by atoms with Gasteiger partial charge in [-0.15, -0.1) is 0 Å². The van der Waals surface area contributed by atoms with Gasteiger partial charge < -0.3 is 4.98 Å². The maximum atomic E-state index is 13.9. The van der Waals surface area contributed by atoms with Crippen LogP contribution in [0.1, 0.15) is 16.7 Å². The van der Waals surface area contributed by atoms with Crippen molar-refractivity contribution in [3.63, 3.8) is 0 Å². The van der Waals surface area contributed by atoms with Gasteiger partial charge in [-0.1, -0.05) is 12.1 Å². The van der Waals surface area contributed by atoms with Crippen LogP contribution < -0.4 is 0 Å². The Kier molecular flexibility index (Phi) is 3.76. The standard InChI is InChI=1S/C20H15F2N3/c1-12-13(10-15-16(21)5-2-6-17(15)22)7-8-18-19(12)25-20(24-18)14-4-3-9-23-11-14/h2-9,11H,10H2,1H3,(H,24,25). The van der Waals surface area contributed by atoms with Gasteiger partial charge in [0.25, 0.3) is 0 Å². The Balaban J connectivity index is 1.78. The number of pyridine rings is 1. The third-order valence-electron chi connectivity index (χ3n) is 4.38. The molecule has 4 rings (SSSR count). The Bertz CT molecular complexity index is 1040. The molecular weight excluding hydrogens is 320 g/mol. The number of fused-ring (bicyclic) bond motifs is 1. The lowest BCUT2D eigenvalue weighted by atomic mass is 9.99. The number of halogens is 2. The number of hydrogen-bond donors (Lipinski definition) is 1. The van der Waals surface area contributed by atoms with Crippen molar-refractivity contribution in [2.24, 2.45) is 0 Å². The number of rotatable bonds is 3. The number of aromatic nitrogens is 3. The molecule has 1 N–H and O–H groups in total. The summed E-state index contributed by atoms with van der Waals surface area (Å²) in [5, 5.41) is 0. The second kappa shape index (κ2) is 6.09. The van der Waals surface area contributed by atoms with Gasteiger partial charge >= 0.3 is 0 Å². The van der Waals surface area contributed by atoms with Crippen molar-refractivity contribution in [1.29, 1.82) is 0 Å². The van der Waals surface area contributed by atoms with Crippen molar-refractivity contribution in [3.05, 3.63) is 83.2 Å². The molecule has 0 saturated carbocycles. The zero-order valence-corrected chi connectivity index (χ0v) is 13.6. The van der Waals surface area contributed by atoms with E-state index in [9.17, 15) is 8.78 Å². The average molecular weight is 335 g/mol. The first kappa shape index (κ1) is 15.4. The lowest BCUT2D eigenvalue weighted by Crippen LogP contribution is -1.99. The molecule has 0 unspecified atom stereocenters. The van der Waals surface area contributed by atoms with Crippen molar-refractivity contribution in [1.82, 2.24) is 15.0 Å². The summed E-state index contributed by atoms with van der Waals surface area (Å²) in [4.78, 5) is 12.0. The first-order chi connectivity index (χ1) is 12.1. The van der Waals surface area contributed by atoms with Gasteiger partial charge in [0.15, 0.2) is 0 Å². The van der Waals surface area contributed by atoms with Crippen molar-refractivity contribution in [2.45, 2.75) is 13.3 Å². The molecular formula is C20H15F2N3. The number of hydrogen-bond acceptors (Lipinski definition) is 2. The van der Waals surface area contributed by atoms with Gasteiger partial charge in [-0.25, -0.2) is 13.8 Å². The molecule has 0 spiro atoms. The quantitative estimate of drug-likeness (QED) is 0.584. The van der Waals surface area contributed by atoms with Crippen LogP contribution in [0, 0.1) is 18.6 Å². The number of H-pyrrole nitrogens is 1. The summed E-state index contributed by atoms with van der Waals surface area (Å²) < 4.78 is 27.9. The first-order valence-corrected chi connectivity index (χ1v) is 7.95. The fourth-order valence-corrected chi connectivity index (χ4v) is 2.98. The SMILES string of the molecule is Cc1c(Cc2c(F)cccc2F)ccc2[nH]c(-c3cccnc3)nc12. The van der Waals surface area contributed by atoms with Crippen LogP contribution in [0.3, 0.4) is 0 Å². The van der Waals surface area contributed by atoms with Crippen molar-refractivity contribution in [2.75, 3.05) is 0 Å². The number of nitrogens with one attached hydrogen (secondary N) is 1. The minimum atomic E-state index is -0.530. The molecule has 0 aliphatic heterocycles. The van der Waals surface area contributed by atoms with E-state index in [0.29, 0.717) is 0 Å². The Labute approximate surface area is 143 Å². The van der Waals surface area contributed by atoms with E-state index in [1.807, 2.05) is 31.2 Å². The number of aromatic amines is 1. The molecule has 0 bridgehead atoms. The van der Waals surface area contributed by atoms with Gasteiger partial charge in [0.05, 0.1) is 11.0 Å². The first-order valence-electron chi connectivity index (χ1n) is 7.95. The average Bonchev–Trinajstić information content (AvgIpc) is 3.06. The third kappa shape index (κ3) is 2.78. The van der Waals surface area contributed by atoms with Gasteiger partial charge in [-0.3, -0.25) is 4.98 Å². The van der Waals surface area contributed by atoms with E-state index in [2.05, 4.69) is 15.0 Å². The highest BCUT2D eigenvalue weighted by atomic mass is 19.1. The molecule has 0 aliphatic carbocycles. The van der Waals surface area contributed by atoms with Gasteiger partial charge in [0, 0.05) is 29.9 Å². The largest absolute Gasteiger partial charge is 0.338 e. The summed E-state index contributed by atoms with van der Waals surface area (Å²) >= 11 is 0. The second-order valence-corrected chi connectivity index (χ2v) is 5.95. The zero-order valence-electron chi connectivity index (χ0n) is 13.6. The number of benzene rings is 2. The summed E-state index contributed by atoms with van der Waals surface area (Å²) in [6, 6.07) is 11.5.